The quantitative estimate of drug-likeness (QED) is 0.139. The largest absolute Gasteiger partial charge is 0.871 e. The summed E-state index contributed by atoms with van der Waals surface area (Å²) in [6.45, 7) is 2.62. The normalized spacial score (nSPS) is 10.7. The molecule has 4 aromatic rings. The van der Waals surface area contributed by atoms with Gasteiger partial charge in [0.15, 0.2) is 0 Å². The molecule has 12 heteroatoms. The van der Waals surface area contributed by atoms with Crippen LogP contribution in [0.15, 0.2) is 72.8 Å². The van der Waals surface area contributed by atoms with Crippen LogP contribution in [0, 0.1) is 13.8 Å². The van der Waals surface area contributed by atoms with Gasteiger partial charge in [-0.15, -0.1) is 10.5 Å². The van der Waals surface area contributed by atoms with Crippen molar-refractivity contribution in [2.24, 2.45) is 0 Å². The Morgan fingerprint density at radius 1 is 0.659 bits per heavy atom. The van der Waals surface area contributed by atoms with Crippen LogP contribution in [-0.4, -0.2) is 32.8 Å². The van der Waals surface area contributed by atoms with E-state index in [2.05, 4.69) is 0 Å². The van der Waals surface area contributed by atoms with Gasteiger partial charge in [0, 0.05) is 17.5 Å². The van der Waals surface area contributed by atoms with Crippen molar-refractivity contribution in [3.8, 4) is 23.0 Å². The van der Waals surface area contributed by atoms with E-state index in [1.54, 1.807) is 36.4 Å². The molecule has 4 N–H and O–H groups in total. The van der Waals surface area contributed by atoms with E-state index >= 15 is 0 Å². The third-order valence-electron chi connectivity index (χ3n) is 6.25. The van der Waals surface area contributed by atoms with Gasteiger partial charge in [-0.05, 0) is 61.4 Å². The molecule has 0 aliphatic heterocycles. The molecule has 0 bridgehead atoms. The summed E-state index contributed by atoms with van der Waals surface area (Å²) in [6, 6.07) is 17.9. The van der Waals surface area contributed by atoms with Gasteiger partial charge < -0.3 is 19.7 Å². The summed E-state index contributed by atoms with van der Waals surface area (Å²) in [5.74, 6) is -3.77. The highest BCUT2D eigenvalue weighted by Crippen LogP contribution is 2.42. The monoisotopic (exact) mass is 560 g/mol. The second kappa shape index (κ2) is 11.9. The van der Waals surface area contributed by atoms with E-state index in [9.17, 15) is 40.6 Å². The summed E-state index contributed by atoms with van der Waals surface area (Å²) < 4.78 is 11.1. The Hall–Kier alpha value is -5.14. The molecular weight excluding hydrogens is 536 g/mol. The number of carbonyl (C=O) groups is 2. The molecule has 0 radical (unpaired) electrons. The summed E-state index contributed by atoms with van der Waals surface area (Å²) in [7, 11) is 0. The zero-order valence-corrected chi connectivity index (χ0v) is 21.8. The molecule has 4 rings (SSSR count). The first kappa shape index (κ1) is 28.9. The lowest BCUT2D eigenvalue weighted by Gasteiger charge is -2.26. The highest BCUT2D eigenvalue weighted by atomic mass is 16.8. The Kier molecular flexibility index (Phi) is 8.40. The maximum absolute atomic E-state index is 12.9. The van der Waals surface area contributed by atoms with E-state index < -0.39 is 45.3 Å². The Morgan fingerprint density at radius 2 is 1.00 bits per heavy atom. The standard InChI is InChI=1S/C29H26N2O10/c1-16-24(32)22(30(36)37)14-20(26(16)40-28(34)18-9-5-3-6-10-18)13-21-15-23(31(38)39)25(33)17(2)27(21)41-29(35)19-11-7-4-8-12-19/h3-12,14-15,32-33,36-39H,13H2,1-2H3/p-2. The molecule has 0 aliphatic carbocycles. The zero-order valence-electron chi connectivity index (χ0n) is 21.8. The fourth-order valence-corrected chi connectivity index (χ4v) is 4.17. The van der Waals surface area contributed by atoms with Gasteiger partial charge >= 0.3 is 11.9 Å². The number of hydrogen-bond acceptors (Lipinski definition) is 12. The van der Waals surface area contributed by atoms with Crippen molar-refractivity contribution in [2.75, 3.05) is 10.5 Å². The molecule has 0 amide bonds. The molecule has 0 saturated heterocycles. The molecule has 0 heterocycles. The Bertz CT molecular complexity index is 1470. The van der Waals surface area contributed by atoms with Crippen LogP contribution in [0.5, 0.6) is 23.0 Å². The molecule has 0 saturated carbocycles. The molecule has 0 aromatic heterocycles. The van der Waals surface area contributed by atoms with E-state index in [-0.39, 0.29) is 51.3 Å². The van der Waals surface area contributed by atoms with E-state index in [0.29, 0.717) is 0 Å². The minimum atomic E-state index is -0.853. The summed E-state index contributed by atoms with van der Waals surface area (Å²) in [5, 5.41) is 63.5. The van der Waals surface area contributed by atoms with Crippen molar-refractivity contribution in [3.63, 3.8) is 0 Å². The Labute approximate surface area is 233 Å². The zero-order chi connectivity index (χ0) is 29.8. The van der Waals surface area contributed by atoms with E-state index in [0.717, 1.165) is 12.1 Å². The summed E-state index contributed by atoms with van der Waals surface area (Å²) in [5.41, 5.74) is -1.05. The molecule has 12 nitrogen and oxygen atoms in total. The highest BCUT2D eigenvalue weighted by molar-refractivity contribution is 5.92. The minimum absolute atomic E-state index is 0.0397. The van der Waals surface area contributed by atoms with E-state index in [1.165, 1.54) is 38.1 Å². The number of anilines is 2. The summed E-state index contributed by atoms with van der Waals surface area (Å²) in [4.78, 5) is 25.8. The second-order valence-electron chi connectivity index (χ2n) is 8.94. The second-order valence-corrected chi connectivity index (χ2v) is 8.94. The molecule has 0 fully saturated rings. The molecule has 212 valence electrons. The van der Waals surface area contributed by atoms with Crippen LogP contribution in [0.4, 0.5) is 11.4 Å². The first-order chi connectivity index (χ1) is 19.5. The van der Waals surface area contributed by atoms with E-state index in [1.807, 2.05) is 0 Å². The molecule has 4 aromatic carbocycles. The number of carbonyl (C=O) groups excluding carboxylic acids is 2. The van der Waals surface area contributed by atoms with Crippen LogP contribution < -0.4 is 30.1 Å². The predicted molar refractivity (Wildman–Crippen MR) is 139 cm³/mol. The average Bonchev–Trinajstić information content (AvgIpc) is 2.96. The van der Waals surface area contributed by atoms with Crippen LogP contribution in [0.25, 0.3) is 0 Å². The topological polar surface area (TPSA) is 186 Å². The molecule has 41 heavy (non-hydrogen) atoms. The van der Waals surface area contributed by atoms with Crippen molar-refractivity contribution in [3.05, 3.63) is 106 Å². The maximum atomic E-state index is 12.9. The summed E-state index contributed by atoms with van der Waals surface area (Å²) >= 11 is 0. The van der Waals surface area contributed by atoms with Gasteiger partial charge in [0.2, 0.25) is 0 Å². The third kappa shape index (κ3) is 6.05. The highest BCUT2D eigenvalue weighted by Gasteiger charge is 2.23. The van der Waals surface area contributed by atoms with Crippen molar-refractivity contribution in [1.82, 2.24) is 0 Å². The van der Waals surface area contributed by atoms with Crippen LogP contribution in [0.2, 0.25) is 0 Å². The number of nitrogens with zero attached hydrogens (tertiary/aromatic N) is 2. The van der Waals surface area contributed by atoms with Gasteiger partial charge in [-0.1, -0.05) is 47.9 Å². The molecule has 0 unspecified atom stereocenters. The van der Waals surface area contributed by atoms with Gasteiger partial charge in [0.05, 0.1) is 22.5 Å². The van der Waals surface area contributed by atoms with Crippen molar-refractivity contribution >= 4 is 23.3 Å². The molecular formula is C29H24N2O10-2. The van der Waals surface area contributed by atoms with Crippen LogP contribution >= 0.6 is 0 Å². The lowest BCUT2D eigenvalue weighted by atomic mass is 9.96. The smallest absolute Gasteiger partial charge is 0.343 e. The lowest BCUT2D eigenvalue weighted by Crippen LogP contribution is -2.19. The van der Waals surface area contributed by atoms with Crippen LogP contribution in [0.3, 0.4) is 0 Å². The SMILES string of the molecule is Cc1c([O-])c(N(O)O)cc(Cc2cc(N(O)O)c([O-])c(C)c2OC(=O)c2ccccc2)c1OC(=O)c1ccccc1. The van der Waals surface area contributed by atoms with Gasteiger partial charge in [-0.25, -0.2) is 9.59 Å². The van der Waals surface area contributed by atoms with Gasteiger partial charge in [0.1, 0.15) is 11.5 Å². The first-order valence-electron chi connectivity index (χ1n) is 12.1. The van der Waals surface area contributed by atoms with Crippen LogP contribution in [-0.2, 0) is 6.42 Å². The van der Waals surface area contributed by atoms with Gasteiger partial charge in [-0.3, -0.25) is 20.8 Å². The van der Waals surface area contributed by atoms with Crippen molar-refractivity contribution in [1.29, 1.82) is 0 Å². The van der Waals surface area contributed by atoms with Gasteiger partial charge in [-0.2, -0.15) is 0 Å². The average molecular weight is 561 g/mol. The molecule has 0 spiro atoms. The fraction of sp³-hybridized carbons (Fsp3) is 0.103. The first-order valence-corrected chi connectivity index (χ1v) is 12.1. The van der Waals surface area contributed by atoms with E-state index in [4.69, 9.17) is 9.47 Å². The number of esters is 2. The molecule has 0 aliphatic rings. The number of ether oxygens (including phenoxy) is 2. The van der Waals surface area contributed by atoms with Crippen molar-refractivity contribution in [2.45, 2.75) is 20.3 Å². The maximum Gasteiger partial charge on any atom is 0.343 e. The summed E-state index contributed by atoms with van der Waals surface area (Å²) in [6.07, 6.45) is -0.335. The number of hydrogen-bond donors (Lipinski definition) is 4. The third-order valence-corrected chi connectivity index (χ3v) is 6.25. The number of rotatable bonds is 8. The van der Waals surface area contributed by atoms with Crippen molar-refractivity contribution < 1.29 is 50.1 Å². The Balaban J connectivity index is 1.87. The van der Waals surface area contributed by atoms with Gasteiger partial charge in [0.25, 0.3) is 0 Å². The van der Waals surface area contributed by atoms with Crippen LogP contribution in [0.1, 0.15) is 43.0 Å². The number of benzene rings is 4. The Morgan fingerprint density at radius 3 is 1.32 bits per heavy atom. The fourth-order valence-electron chi connectivity index (χ4n) is 4.17. The predicted octanol–water partition coefficient (Wildman–Crippen LogP) is 3.65. The molecule has 0 atom stereocenters. The lowest BCUT2D eigenvalue weighted by molar-refractivity contribution is -0.270. The minimum Gasteiger partial charge on any atom is -0.871 e.